The van der Waals surface area contributed by atoms with E-state index >= 15 is 0 Å². The van der Waals surface area contributed by atoms with Crippen LogP contribution in [0.1, 0.15) is 28.5 Å². The third-order valence-corrected chi connectivity index (χ3v) is 5.09. The molecule has 4 nitrogen and oxygen atoms in total. The van der Waals surface area contributed by atoms with Crippen molar-refractivity contribution in [2.24, 2.45) is 0 Å². The zero-order chi connectivity index (χ0) is 21.1. The van der Waals surface area contributed by atoms with Gasteiger partial charge in [-0.3, -0.25) is 0 Å². The van der Waals surface area contributed by atoms with Gasteiger partial charge in [0.15, 0.2) is 0 Å². The van der Waals surface area contributed by atoms with Gasteiger partial charge in [-0.2, -0.15) is 0 Å². The second kappa shape index (κ2) is 8.41. The number of pyridine rings is 1. The molecule has 2 aromatic heterocycles. The van der Waals surface area contributed by atoms with Crippen LogP contribution in [0.15, 0.2) is 72.9 Å². The molecule has 0 spiro atoms. The number of hydrogen-bond acceptors (Lipinski definition) is 3. The second-order valence-corrected chi connectivity index (χ2v) is 6.90. The van der Waals surface area contributed by atoms with Gasteiger partial charge in [0.25, 0.3) is 0 Å². The van der Waals surface area contributed by atoms with Crippen LogP contribution in [0.5, 0.6) is 5.75 Å². The van der Waals surface area contributed by atoms with Crippen molar-refractivity contribution in [1.29, 1.82) is 0 Å². The van der Waals surface area contributed by atoms with Gasteiger partial charge in [-0.25, -0.2) is 9.18 Å². The number of nitrogens with zero attached hydrogens (tertiary/aromatic N) is 1. The molecule has 2 heterocycles. The second-order valence-electron chi connectivity index (χ2n) is 6.90. The molecule has 0 bridgehead atoms. The molecule has 0 N–H and O–H groups in total. The van der Waals surface area contributed by atoms with Crippen LogP contribution in [0.25, 0.3) is 16.6 Å². The van der Waals surface area contributed by atoms with E-state index < -0.39 is 0 Å². The summed E-state index contributed by atoms with van der Waals surface area (Å²) in [6.07, 6.45) is 2.52. The first-order valence-corrected chi connectivity index (χ1v) is 9.80. The SMILES string of the molecule is CCOC(=O)c1c(-c2ccc(F)cc2)c(Cc2ccc(OC)cc2)n2ccccc12. The molecule has 5 heteroatoms. The van der Waals surface area contributed by atoms with Crippen LogP contribution in [0, 0.1) is 5.82 Å². The first-order chi connectivity index (χ1) is 14.6. The van der Waals surface area contributed by atoms with Crippen molar-refractivity contribution < 1.29 is 18.7 Å². The number of benzene rings is 2. The van der Waals surface area contributed by atoms with Crippen molar-refractivity contribution in [3.63, 3.8) is 0 Å². The molecule has 0 aliphatic rings. The standard InChI is InChI=1S/C25H22FNO3/c1-3-30-25(28)24-21-6-4-5-15-27(21)22(16-17-7-13-20(29-2)14-8-17)23(24)18-9-11-19(26)12-10-18/h4-15H,3,16H2,1-2H3. The molecule has 0 aliphatic carbocycles. The van der Waals surface area contributed by atoms with Gasteiger partial charge in [0.05, 0.1) is 24.8 Å². The van der Waals surface area contributed by atoms with E-state index in [-0.39, 0.29) is 18.4 Å². The molecular formula is C25H22FNO3. The van der Waals surface area contributed by atoms with Crippen molar-refractivity contribution >= 4 is 11.5 Å². The average Bonchev–Trinajstić information content (AvgIpc) is 3.09. The number of aromatic nitrogens is 1. The lowest BCUT2D eigenvalue weighted by molar-refractivity contribution is 0.0529. The predicted octanol–water partition coefficient (Wildman–Crippen LogP) is 5.52. The lowest BCUT2D eigenvalue weighted by Crippen LogP contribution is -2.06. The Bertz CT molecular complexity index is 1180. The molecule has 4 aromatic rings. The molecule has 0 saturated heterocycles. The number of rotatable bonds is 6. The molecule has 0 aliphatic heterocycles. The number of ether oxygens (including phenoxy) is 2. The lowest BCUT2D eigenvalue weighted by atomic mass is 9.97. The minimum Gasteiger partial charge on any atom is -0.497 e. The molecule has 4 rings (SSSR count). The molecule has 0 fully saturated rings. The molecule has 152 valence electrons. The van der Waals surface area contributed by atoms with Crippen LogP contribution in [-0.4, -0.2) is 24.1 Å². The van der Waals surface area contributed by atoms with Crippen molar-refractivity contribution in [3.8, 4) is 16.9 Å². The highest BCUT2D eigenvalue weighted by Crippen LogP contribution is 2.35. The maximum Gasteiger partial charge on any atom is 0.340 e. The van der Waals surface area contributed by atoms with E-state index in [2.05, 4.69) is 0 Å². The first-order valence-electron chi connectivity index (χ1n) is 9.80. The normalized spacial score (nSPS) is 10.9. The Morgan fingerprint density at radius 3 is 2.40 bits per heavy atom. The third-order valence-electron chi connectivity index (χ3n) is 5.09. The Hall–Kier alpha value is -3.60. The average molecular weight is 403 g/mol. The van der Waals surface area contributed by atoms with E-state index in [4.69, 9.17) is 9.47 Å². The lowest BCUT2D eigenvalue weighted by Gasteiger charge is -2.10. The van der Waals surface area contributed by atoms with Crippen molar-refractivity contribution in [1.82, 2.24) is 4.40 Å². The van der Waals surface area contributed by atoms with E-state index in [1.54, 1.807) is 26.2 Å². The number of halogens is 1. The monoisotopic (exact) mass is 403 g/mol. The van der Waals surface area contributed by atoms with Gasteiger partial charge in [-0.1, -0.05) is 30.3 Å². The topological polar surface area (TPSA) is 39.9 Å². The van der Waals surface area contributed by atoms with E-state index in [9.17, 15) is 9.18 Å². The van der Waals surface area contributed by atoms with Gasteiger partial charge in [0.2, 0.25) is 0 Å². The fraction of sp³-hybridized carbons (Fsp3) is 0.160. The molecule has 0 amide bonds. The number of hydrogen-bond donors (Lipinski definition) is 0. The molecule has 0 saturated carbocycles. The predicted molar refractivity (Wildman–Crippen MR) is 115 cm³/mol. The molecular weight excluding hydrogens is 381 g/mol. The number of carbonyl (C=O) groups excluding carboxylic acids is 1. The summed E-state index contributed by atoms with van der Waals surface area (Å²) < 4.78 is 26.2. The van der Waals surface area contributed by atoms with Gasteiger partial charge >= 0.3 is 5.97 Å². The fourth-order valence-corrected chi connectivity index (χ4v) is 3.72. The van der Waals surface area contributed by atoms with Crippen LogP contribution < -0.4 is 4.74 Å². The van der Waals surface area contributed by atoms with Crippen molar-refractivity contribution in [2.45, 2.75) is 13.3 Å². The van der Waals surface area contributed by atoms with Gasteiger partial charge in [0, 0.05) is 23.9 Å². The van der Waals surface area contributed by atoms with Crippen LogP contribution in [0.2, 0.25) is 0 Å². The Kier molecular flexibility index (Phi) is 5.53. The summed E-state index contributed by atoms with van der Waals surface area (Å²) in [5.74, 6) is 0.0724. The van der Waals surface area contributed by atoms with Crippen LogP contribution >= 0.6 is 0 Å². The Morgan fingerprint density at radius 2 is 1.73 bits per heavy atom. The highest BCUT2D eigenvalue weighted by atomic mass is 19.1. The quantitative estimate of drug-likeness (QED) is 0.398. The smallest absolute Gasteiger partial charge is 0.340 e. The number of esters is 1. The largest absolute Gasteiger partial charge is 0.497 e. The van der Waals surface area contributed by atoms with Crippen LogP contribution in [0.4, 0.5) is 4.39 Å². The molecule has 30 heavy (non-hydrogen) atoms. The van der Waals surface area contributed by atoms with E-state index in [0.717, 1.165) is 33.7 Å². The molecule has 0 radical (unpaired) electrons. The molecule has 0 atom stereocenters. The van der Waals surface area contributed by atoms with Gasteiger partial charge in [-0.15, -0.1) is 0 Å². The highest BCUT2D eigenvalue weighted by molar-refractivity contribution is 6.05. The summed E-state index contributed by atoms with van der Waals surface area (Å²) in [5, 5.41) is 0. The van der Waals surface area contributed by atoms with Gasteiger partial charge in [0.1, 0.15) is 11.6 Å². The van der Waals surface area contributed by atoms with Gasteiger partial charge in [-0.05, 0) is 54.4 Å². The number of fused-ring (bicyclic) bond motifs is 1. The Morgan fingerprint density at radius 1 is 1.00 bits per heavy atom. The number of carbonyl (C=O) groups is 1. The van der Waals surface area contributed by atoms with Crippen LogP contribution in [0.3, 0.4) is 0 Å². The Balaban J connectivity index is 1.95. The van der Waals surface area contributed by atoms with Gasteiger partial charge < -0.3 is 13.9 Å². The zero-order valence-corrected chi connectivity index (χ0v) is 16.9. The summed E-state index contributed by atoms with van der Waals surface area (Å²) in [6.45, 7) is 2.06. The summed E-state index contributed by atoms with van der Waals surface area (Å²) in [6, 6.07) is 19.7. The minimum absolute atomic E-state index is 0.277. The van der Waals surface area contributed by atoms with Crippen molar-refractivity contribution in [2.75, 3.05) is 13.7 Å². The third kappa shape index (κ3) is 3.66. The summed E-state index contributed by atoms with van der Waals surface area (Å²) in [4.78, 5) is 12.9. The molecule has 2 aromatic carbocycles. The minimum atomic E-state index is -0.387. The first kappa shape index (κ1) is 19.7. The maximum atomic E-state index is 13.6. The zero-order valence-electron chi connectivity index (χ0n) is 16.9. The van der Waals surface area contributed by atoms with E-state index in [1.165, 1.54) is 12.1 Å². The van der Waals surface area contributed by atoms with Crippen LogP contribution in [-0.2, 0) is 11.2 Å². The summed E-state index contributed by atoms with van der Waals surface area (Å²) in [7, 11) is 1.63. The maximum absolute atomic E-state index is 13.6. The Labute approximate surface area is 174 Å². The highest BCUT2D eigenvalue weighted by Gasteiger charge is 2.25. The number of methoxy groups -OCH3 is 1. The van der Waals surface area contributed by atoms with Crippen molar-refractivity contribution in [3.05, 3.63) is 95.6 Å². The summed E-state index contributed by atoms with van der Waals surface area (Å²) in [5.41, 5.74) is 4.79. The van der Waals surface area contributed by atoms with E-state index in [0.29, 0.717) is 12.0 Å². The molecule has 0 unspecified atom stereocenters. The fourth-order valence-electron chi connectivity index (χ4n) is 3.72. The van der Waals surface area contributed by atoms with E-state index in [1.807, 2.05) is 53.1 Å². The summed E-state index contributed by atoms with van der Waals surface area (Å²) >= 11 is 0.